The molecule has 3 nitrogen and oxygen atoms in total. The molecular weight excluding hydrogens is 327 g/mol. The van der Waals surface area contributed by atoms with Gasteiger partial charge in [-0.25, -0.2) is 4.39 Å². The van der Waals surface area contributed by atoms with Crippen LogP contribution in [0.5, 0.6) is 0 Å². The highest BCUT2D eigenvalue weighted by molar-refractivity contribution is 5.95. The van der Waals surface area contributed by atoms with E-state index in [2.05, 4.69) is 11.0 Å². The molecule has 136 valence electrons. The fourth-order valence-electron chi connectivity index (χ4n) is 4.05. The first-order valence-electron chi connectivity index (χ1n) is 9.53. The minimum atomic E-state index is -0.162. The molecule has 2 aliphatic rings. The number of para-hydroxylation sites is 1. The molecule has 1 heterocycles. The number of fused-ring (bicyclic) bond motifs is 1. The highest BCUT2D eigenvalue weighted by Gasteiger charge is 2.34. The number of hydrogen-bond acceptors (Lipinski definition) is 2. The molecule has 0 spiro atoms. The van der Waals surface area contributed by atoms with Gasteiger partial charge >= 0.3 is 0 Å². The first kappa shape index (κ1) is 17.2. The van der Waals surface area contributed by atoms with Crippen molar-refractivity contribution in [3.05, 3.63) is 65.5 Å². The predicted octanol–water partition coefficient (Wildman–Crippen LogP) is 4.33. The van der Waals surface area contributed by atoms with Gasteiger partial charge in [-0.1, -0.05) is 36.4 Å². The van der Waals surface area contributed by atoms with E-state index >= 15 is 0 Å². The van der Waals surface area contributed by atoms with Crippen molar-refractivity contribution in [3.63, 3.8) is 0 Å². The van der Waals surface area contributed by atoms with Crippen molar-refractivity contribution in [1.29, 1.82) is 0 Å². The van der Waals surface area contributed by atoms with Gasteiger partial charge in [-0.15, -0.1) is 0 Å². The Hall–Kier alpha value is -2.20. The van der Waals surface area contributed by atoms with E-state index in [0.29, 0.717) is 19.0 Å². The monoisotopic (exact) mass is 352 g/mol. The summed E-state index contributed by atoms with van der Waals surface area (Å²) in [5.74, 6) is 0.00628. The second-order valence-corrected chi connectivity index (χ2v) is 7.34. The number of nitrogens with zero attached hydrogens (tertiary/aromatic N) is 2. The maximum atomic E-state index is 14.2. The van der Waals surface area contributed by atoms with Gasteiger partial charge in [0.25, 0.3) is 0 Å². The molecule has 1 fully saturated rings. The summed E-state index contributed by atoms with van der Waals surface area (Å²) in [4.78, 5) is 17.0. The van der Waals surface area contributed by atoms with E-state index in [0.717, 1.165) is 37.1 Å². The van der Waals surface area contributed by atoms with E-state index < -0.39 is 0 Å². The average Bonchev–Trinajstić information content (AvgIpc) is 3.40. The summed E-state index contributed by atoms with van der Waals surface area (Å²) >= 11 is 0. The van der Waals surface area contributed by atoms with Crippen LogP contribution in [-0.4, -0.2) is 29.9 Å². The molecule has 0 bridgehead atoms. The topological polar surface area (TPSA) is 23.6 Å². The summed E-state index contributed by atoms with van der Waals surface area (Å²) in [6.07, 6.45) is 3.68. The van der Waals surface area contributed by atoms with E-state index in [1.807, 2.05) is 42.2 Å². The van der Waals surface area contributed by atoms with Crippen LogP contribution in [0.25, 0.3) is 0 Å². The molecule has 2 aromatic rings. The number of benzene rings is 2. The fraction of sp³-hybridized carbons (Fsp3) is 0.409. The lowest BCUT2D eigenvalue weighted by Crippen LogP contribution is -2.36. The van der Waals surface area contributed by atoms with Gasteiger partial charge in [0, 0.05) is 42.8 Å². The molecular formula is C22H25FN2O. The van der Waals surface area contributed by atoms with Crippen molar-refractivity contribution in [2.24, 2.45) is 0 Å². The van der Waals surface area contributed by atoms with Gasteiger partial charge in [0.2, 0.25) is 5.91 Å². The SMILES string of the molecule is CC(c1ccccc1F)N(CCC(=O)N1CCc2ccccc21)C1CC1. The van der Waals surface area contributed by atoms with E-state index in [1.54, 1.807) is 6.07 Å². The predicted molar refractivity (Wildman–Crippen MR) is 102 cm³/mol. The van der Waals surface area contributed by atoms with E-state index in [9.17, 15) is 9.18 Å². The summed E-state index contributed by atoms with van der Waals surface area (Å²) < 4.78 is 14.2. The molecule has 0 aromatic heterocycles. The molecule has 26 heavy (non-hydrogen) atoms. The number of anilines is 1. The summed E-state index contributed by atoms with van der Waals surface area (Å²) in [6, 6.07) is 15.6. The van der Waals surface area contributed by atoms with Crippen molar-refractivity contribution >= 4 is 11.6 Å². The number of amides is 1. The van der Waals surface area contributed by atoms with E-state index in [1.165, 1.54) is 11.6 Å². The zero-order valence-electron chi connectivity index (χ0n) is 15.2. The third kappa shape index (κ3) is 3.38. The Balaban J connectivity index is 1.44. The second-order valence-electron chi connectivity index (χ2n) is 7.34. The maximum Gasteiger partial charge on any atom is 0.228 e. The third-order valence-corrected chi connectivity index (χ3v) is 5.64. The molecule has 0 radical (unpaired) electrons. The van der Waals surface area contributed by atoms with Crippen LogP contribution in [0.1, 0.15) is 43.4 Å². The Morgan fingerprint density at radius 1 is 1.19 bits per heavy atom. The molecule has 2 aromatic carbocycles. The molecule has 0 N–H and O–H groups in total. The van der Waals surface area contributed by atoms with Gasteiger partial charge in [0.1, 0.15) is 5.82 Å². The maximum absolute atomic E-state index is 14.2. The minimum Gasteiger partial charge on any atom is -0.312 e. The van der Waals surface area contributed by atoms with Gasteiger partial charge in [-0.3, -0.25) is 9.69 Å². The molecule has 4 rings (SSSR count). The molecule has 1 aliphatic heterocycles. The Morgan fingerprint density at radius 2 is 1.92 bits per heavy atom. The third-order valence-electron chi connectivity index (χ3n) is 5.64. The summed E-state index contributed by atoms with van der Waals surface area (Å²) in [6.45, 7) is 3.49. The van der Waals surface area contributed by atoms with Crippen LogP contribution in [0.4, 0.5) is 10.1 Å². The van der Waals surface area contributed by atoms with Gasteiger partial charge in [-0.05, 0) is 43.9 Å². The van der Waals surface area contributed by atoms with Crippen molar-refractivity contribution in [2.75, 3.05) is 18.0 Å². The Labute approximate surface area is 154 Å². The lowest BCUT2D eigenvalue weighted by Gasteiger charge is -2.30. The highest BCUT2D eigenvalue weighted by Crippen LogP contribution is 2.35. The zero-order valence-corrected chi connectivity index (χ0v) is 15.2. The second kappa shape index (κ2) is 7.20. The number of carbonyl (C=O) groups excluding carboxylic acids is 1. The van der Waals surface area contributed by atoms with Gasteiger partial charge < -0.3 is 4.90 Å². The van der Waals surface area contributed by atoms with Crippen LogP contribution in [-0.2, 0) is 11.2 Å². The van der Waals surface area contributed by atoms with Crippen molar-refractivity contribution in [1.82, 2.24) is 4.90 Å². The van der Waals surface area contributed by atoms with Crippen LogP contribution in [0.2, 0.25) is 0 Å². The summed E-state index contributed by atoms with van der Waals surface area (Å²) in [5.41, 5.74) is 3.02. The van der Waals surface area contributed by atoms with Crippen molar-refractivity contribution < 1.29 is 9.18 Å². The molecule has 0 saturated heterocycles. The minimum absolute atomic E-state index is 0.0117. The number of rotatable bonds is 6. The largest absolute Gasteiger partial charge is 0.312 e. The quantitative estimate of drug-likeness (QED) is 0.772. The van der Waals surface area contributed by atoms with Gasteiger partial charge in [0.15, 0.2) is 0 Å². The fourth-order valence-corrected chi connectivity index (χ4v) is 4.05. The van der Waals surface area contributed by atoms with E-state index in [-0.39, 0.29) is 17.8 Å². The molecule has 4 heteroatoms. The molecule has 1 aliphatic carbocycles. The molecule has 1 unspecified atom stereocenters. The Morgan fingerprint density at radius 3 is 2.69 bits per heavy atom. The Bertz CT molecular complexity index is 802. The summed E-state index contributed by atoms with van der Waals surface area (Å²) in [5, 5.41) is 0. The van der Waals surface area contributed by atoms with Crippen LogP contribution in [0, 0.1) is 5.82 Å². The van der Waals surface area contributed by atoms with Crippen LogP contribution in [0.3, 0.4) is 0 Å². The number of halogens is 1. The number of hydrogen-bond donors (Lipinski definition) is 0. The van der Waals surface area contributed by atoms with Crippen LogP contribution >= 0.6 is 0 Å². The van der Waals surface area contributed by atoms with Gasteiger partial charge in [-0.2, -0.15) is 0 Å². The lowest BCUT2D eigenvalue weighted by molar-refractivity contribution is -0.119. The Kier molecular flexibility index (Phi) is 4.77. The molecule has 1 saturated carbocycles. The lowest BCUT2D eigenvalue weighted by atomic mass is 10.1. The van der Waals surface area contributed by atoms with Crippen LogP contribution in [0.15, 0.2) is 48.5 Å². The number of carbonyl (C=O) groups is 1. The zero-order chi connectivity index (χ0) is 18.1. The van der Waals surface area contributed by atoms with Crippen molar-refractivity contribution in [3.8, 4) is 0 Å². The van der Waals surface area contributed by atoms with Crippen molar-refractivity contribution in [2.45, 2.75) is 44.7 Å². The average molecular weight is 352 g/mol. The highest BCUT2D eigenvalue weighted by atomic mass is 19.1. The summed E-state index contributed by atoms with van der Waals surface area (Å²) in [7, 11) is 0. The van der Waals surface area contributed by atoms with Gasteiger partial charge in [0.05, 0.1) is 0 Å². The molecule has 1 atom stereocenters. The standard InChI is InChI=1S/C22H25FN2O/c1-16(19-7-3-4-8-20(19)23)24(18-10-11-18)15-13-22(26)25-14-12-17-6-2-5-9-21(17)25/h2-9,16,18H,10-15H2,1H3. The smallest absolute Gasteiger partial charge is 0.228 e. The molecule has 1 amide bonds. The normalized spacial score (nSPS) is 17.4. The van der Waals surface area contributed by atoms with Crippen LogP contribution < -0.4 is 4.90 Å². The van der Waals surface area contributed by atoms with E-state index in [4.69, 9.17) is 0 Å². The first-order chi connectivity index (χ1) is 12.6. The first-order valence-corrected chi connectivity index (χ1v) is 9.53.